The van der Waals surface area contributed by atoms with E-state index in [0.29, 0.717) is 17.9 Å². The van der Waals surface area contributed by atoms with Gasteiger partial charge in [0.2, 0.25) is 0 Å². The van der Waals surface area contributed by atoms with Gasteiger partial charge in [-0.3, -0.25) is 0 Å². The van der Waals surface area contributed by atoms with E-state index in [4.69, 9.17) is 5.73 Å². The third-order valence-corrected chi connectivity index (χ3v) is 2.87. The summed E-state index contributed by atoms with van der Waals surface area (Å²) in [5.41, 5.74) is 8.62. The molecule has 0 heterocycles. The van der Waals surface area contributed by atoms with Crippen molar-refractivity contribution in [3.05, 3.63) is 35.4 Å². The average molecular weight is 175 g/mol. The Hall–Kier alpha value is -0.820. The molecule has 1 nitrogen and oxygen atoms in total. The van der Waals surface area contributed by atoms with Crippen molar-refractivity contribution >= 4 is 0 Å². The second-order valence-electron chi connectivity index (χ2n) is 4.33. The predicted octanol–water partition coefficient (Wildman–Crippen LogP) is 2.62. The van der Waals surface area contributed by atoms with E-state index in [9.17, 15) is 0 Å². The third-order valence-electron chi connectivity index (χ3n) is 2.87. The standard InChI is InChI=1S/C12H17N/c1-8(2)9-3-5-10(6-4-9)11-7-12(11)13/h3-6,8,11-12H,7,13H2,1-2H3. The minimum absolute atomic E-state index is 0.421. The van der Waals surface area contributed by atoms with Crippen LogP contribution in [0.25, 0.3) is 0 Å². The molecule has 1 aliphatic carbocycles. The predicted molar refractivity (Wildman–Crippen MR) is 55.9 cm³/mol. The van der Waals surface area contributed by atoms with Gasteiger partial charge in [0.05, 0.1) is 0 Å². The molecule has 0 spiro atoms. The van der Waals surface area contributed by atoms with Crippen LogP contribution in [-0.4, -0.2) is 6.04 Å². The van der Waals surface area contributed by atoms with Crippen molar-refractivity contribution in [3.8, 4) is 0 Å². The molecule has 1 fully saturated rings. The zero-order chi connectivity index (χ0) is 9.42. The SMILES string of the molecule is CC(C)c1ccc(C2CC2N)cc1. The Kier molecular flexibility index (Phi) is 2.12. The molecule has 1 heteroatoms. The van der Waals surface area contributed by atoms with Crippen LogP contribution in [0.4, 0.5) is 0 Å². The summed E-state index contributed by atoms with van der Waals surface area (Å²) in [7, 11) is 0. The fourth-order valence-corrected chi connectivity index (χ4v) is 1.73. The van der Waals surface area contributed by atoms with E-state index in [2.05, 4.69) is 38.1 Å². The van der Waals surface area contributed by atoms with Gasteiger partial charge in [-0.25, -0.2) is 0 Å². The molecule has 1 aromatic rings. The highest BCUT2D eigenvalue weighted by molar-refractivity contribution is 5.31. The molecule has 1 saturated carbocycles. The van der Waals surface area contributed by atoms with Gasteiger partial charge in [0, 0.05) is 12.0 Å². The first-order chi connectivity index (χ1) is 6.18. The minimum atomic E-state index is 0.421. The van der Waals surface area contributed by atoms with Crippen molar-refractivity contribution < 1.29 is 0 Å². The van der Waals surface area contributed by atoms with Crippen LogP contribution in [0.15, 0.2) is 24.3 Å². The Balaban J connectivity index is 2.14. The molecule has 0 aliphatic heterocycles. The molecule has 2 rings (SSSR count). The van der Waals surface area contributed by atoms with E-state index in [0.717, 1.165) is 0 Å². The summed E-state index contributed by atoms with van der Waals surface area (Å²) in [6.45, 7) is 4.44. The molecule has 2 atom stereocenters. The Labute approximate surface area is 80.0 Å². The first kappa shape index (κ1) is 8.76. The van der Waals surface area contributed by atoms with Crippen LogP contribution in [0.5, 0.6) is 0 Å². The van der Waals surface area contributed by atoms with Crippen molar-refractivity contribution in [2.75, 3.05) is 0 Å². The van der Waals surface area contributed by atoms with E-state index in [1.165, 1.54) is 17.5 Å². The van der Waals surface area contributed by atoms with Crippen molar-refractivity contribution in [2.45, 2.75) is 38.1 Å². The molecule has 2 unspecified atom stereocenters. The summed E-state index contributed by atoms with van der Waals surface area (Å²) in [5.74, 6) is 1.27. The minimum Gasteiger partial charge on any atom is -0.327 e. The van der Waals surface area contributed by atoms with Crippen molar-refractivity contribution in [1.29, 1.82) is 0 Å². The van der Waals surface area contributed by atoms with Crippen molar-refractivity contribution in [3.63, 3.8) is 0 Å². The van der Waals surface area contributed by atoms with Crippen molar-refractivity contribution in [1.82, 2.24) is 0 Å². The molecule has 0 amide bonds. The van der Waals surface area contributed by atoms with Gasteiger partial charge in [-0.05, 0) is 23.5 Å². The monoisotopic (exact) mass is 175 g/mol. The maximum Gasteiger partial charge on any atom is 0.0115 e. The molecule has 0 aromatic heterocycles. The fraction of sp³-hybridized carbons (Fsp3) is 0.500. The molecular weight excluding hydrogens is 158 g/mol. The Morgan fingerprint density at radius 1 is 1.23 bits per heavy atom. The van der Waals surface area contributed by atoms with E-state index in [-0.39, 0.29) is 0 Å². The number of hydrogen-bond acceptors (Lipinski definition) is 1. The summed E-state index contributed by atoms with van der Waals surface area (Å²) < 4.78 is 0. The maximum atomic E-state index is 5.80. The van der Waals surface area contributed by atoms with Gasteiger partial charge < -0.3 is 5.73 Å². The fourth-order valence-electron chi connectivity index (χ4n) is 1.73. The number of benzene rings is 1. The molecule has 1 aromatic carbocycles. The average Bonchev–Trinajstić information content (AvgIpc) is 2.83. The molecule has 0 bridgehead atoms. The van der Waals surface area contributed by atoms with Gasteiger partial charge in [0.25, 0.3) is 0 Å². The van der Waals surface area contributed by atoms with Crippen LogP contribution in [-0.2, 0) is 0 Å². The molecular formula is C12H17N. The second kappa shape index (κ2) is 3.15. The van der Waals surface area contributed by atoms with Crippen molar-refractivity contribution in [2.24, 2.45) is 5.73 Å². The number of nitrogens with two attached hydrogens (primary N) is 1. The number of rotatable bonds is 2. The lowest BCUT2D eigenvalue weighted by atomic mass is 10.0. The van der Waals surface area contributed by atoms with Crippen LogP contribution in [0.3, 0.4) is 0 Å². The highest BCUT2D eigenvalue weighted by Crippen LogP contribution is 2.39. The Morgan fingerprint density at radius 3 is 2.15 bits per heavy atom. The van der Waals surface area contributed by atoms with Crippen LogP contribution in [0.2, 0.25) is 0 Å². The zero-order valence-electron chi connectivity index (χ0n) is 8.33. The first-order valence-corrected chi connectivity index (χ1v) is 5.04. The van der Waals surface area contributed by atoms with E-state index < -0.39 is 0 Å². The first-order valence-electron chi connectivity index (χ1n) is 5.04. The van der Waals surface area contributed by atoms with Gasteiger partial charge in [-0.1, -0.05) is 38.1 Å². The van der Waals surface area contributed by atoms with Gasteiger partial charge in [-0.15, -0.1) is 0 Å². The summed E-state index contributed by atoms with van der Waals surface area (Å²) in [6.07, 6.45) is 1.17. The smallest absolute Gasteiger partial charge is 0.0115 e. The normalized spacial score (nSPS) is 26.5. The molecule has 13 heavy (non-hydrogen) atoms. The largest absolute Gasteiger partial charge is 0.327 e. The topological polar surface area (TPSA) is 26.0 Å². The molecule has 2 N–H and O–H groups in total. The Bertz CT molecular complexity index is 286. The summed E-state index contributed by atoms with van der Waals surface area (Å²) in [6, 6.07) is 9.33. The van der Waals surface area contributed by atoms with Gasteiger partial charge >= 0.3 is 0 Å². The highest BCUT2D eigenvalue weighted by atomic mass is 14.7. The lowest BCUT2D eigenvalue weighted by Crippen LogP contribution is -2.00. The second-order valence-corrected chi connectivity index (χ2v) is 4.33. The van der Waals surface area contributed by atoms with Gasteiger partial charge in [0.1, 0.15) is 0 Å². The number of hydrogen-bond donors (Lipinski definition) is 1. The Morgan fingerprint density at radius 2 is 1.77 bits per heavy atom. The molecule has 1 aliphatic rings. The van der Waals surface area contributed by atoms with E-state index >= 15 is 0 Å². The van der Waals surface area contributed by atoms with Crippen LogP contribution < -0.4 is 5.73 Å². The summed E-state index contributed by atoms with van der Waals surface area (Å²) >= 11 is 0. The van der Waals surface area contributed by atoms with Gasteiger partial charge in [-0.2, -0.15) is 0 Å². The third kappa shape index (κ3) is 1.75. The molecule has 0 radical (unpaired) electrons. The lowest BCUT2D eigenvalue weighted by molar-refractivity contribution is 0.864. The quantitative estimate of drug-likeness (QED) is 0.734. The lowest BCUT2D eigenvalue weighted by Gasteiger charge is -2.05. The maximum absolute atomic E-state index is 5.80. The summed E-state index contributed by atoms with van der Waals surface area (Å²) in [4.78, 5) is 0. The van der Waals surface area contributed by atoms with Crippen LogP contribution in [0.1, 0.15) is 43.2 Å². The summed E-state index contributed by atoms with van der Waals surface area (Å²) in [5, 5.41) is 0. The van der Waals surface area contributed by atoms with E-state index in [1.807, 2.05) is 0 Å². The van der Waals surface area contributed by atoms with Gasteiger partial charge in [0.15, 0.2) is 0 Å². The zero-order valence-corrected chi connectivity index (χ0v) is 8.33. The highest BCUT2D eigenvalue weighted by Gasteiger charge is 2.34. The molecule has 70 valence electrons. The molecule has 0 saturated heterocycles. The van der Waals surface area contributed by atoms with E-state index in [1.54, 1.807) is 0 Å². The van der Waals surface area contributed by atoms with Crippen LogP contribution in [0, 0.1) is 0 Å². The van der Waals surface area contributed by atoms with Crippen LogP contribution >= 0.6 is 0 Å².